The molecule has 3 aromatic rings. The lowest BCUT2D eigenvalue weighted by Gasteiger charge is -2.03. The van der Waals surface area contributed by atoms with E-state index in [1.54, 1.807) is 23.5 Å². The third-order valence-corrected chi connectivity index (χ3v) is 4.68. The maximum Gasteiger partial charge on any atom is 0.229 e. The number of hydrogen-bond donors (Lipinski definition) is 1. The zero-order valence-corrected chi connectivity index (χ0v) is 14.0. The van der Waals surface area contributed by atoms with E-state index in [0.717, 1.165) is 21.1 Å². The summed E-state index contributed by atoms with van der Waals surface area (Å²) in [6.45, 7) is 1.93. The van der Waals surface area contributed by atoms with Gasteiger partial charge in [0.2, 0.25) is 5.91 Å². The standard InChI is InChI=1S/C17H14ClN3OS/c1-11-14(23-17(20-11)12-5-3-2-4-6-12)9-16(22)21-13-7-8-15(18)19-10-13/h2-8,10H,9H2,1H3,(H,21,22). The number of thiazole rings is 1. The quantitative estimate of drug-likeness (QED) is 0.716. The minimum absolute atomic E-state index is 0.0968. The van der Waals surface area contributed by atoms with Gasteiger partial charge in [-0.3, -0.25) is 4.79 Å². The number of nitrogens with one attached hydrogen (secondary N) is 1. The average Bonchev–Trinajstić information content (AvgIpc) is 2.91. The number of carbonyl (C=O) groups excluding carboxylic acids is 1. The van der Waals surface area contributed by atoms with Crippen molar-refractivity contribution in [2.24, 2.45) is 0 Å². The van der Waals surface area contributed by atoms with Crippen LogP contribution in [0.2, 0.25) is 5.15 Å². The summed E-state index contributed by atoms with van der Waals surface area (Å²) in [7, 11) is 0. The van der Waals surface area contributed by atoms with Crippen molar-refractivity contribution in [2.45, 2.75) is 13.3 Å². The Morgan fingerprint density at radius 2 is 2.00 bits per heavy atom. The van der Waals surface area contributed by atoms with Crippen LogP contribution in [0.3, 0.4) is 0 Å². The molecule has 6 heteroatoms. The van der Waals surface area contributed by atoms with Crippen molar-refractivity contribution < 1.29 is 4.79 Å². The molecule has 2 heterocycles. The lowest BCUT2D eigenvalue weighted by Crippen LogP contribution is -2.14. The van der Waals surface area contributed by atoms with E-state index in [4.69, 9.17) is 11.6 Å². The molecule has 0 spiro atoms. The molecule has 3 rings (SSSR count). The Bertz CT molecular complexity index is 816. The molecule has 2 aromatic heterocycles. The molecule has 116 valence electrons. The monoisotopic (exact) mass is 343 g/mol. The van der Waals surface area contributed by atoms with Gasteiger partial charge in [-0.25, -0.2) is 9.97 Å². The number of aromatic nitrogens is 2. The highest BCUT2D eigenvalue weighted by molar-refractivity contribution is 7.15. The molecule has 0 radical (unpaired) electrons. The molecule has 0 aliphatic rings. The second-order valence-electron chi connectivity index (χ2n) is 4.99. The molecule has 23 heavy (non-hydrogen) atoms. The van der Waals surface area contributed by atoms with Crippen molar-refractivity contribution in [3.05, 3.63) is 64.4 Å². The smallest absolute Gasteiger partial charge is 0.229 e. The summed E-state index contributed by atoms with van der Waals surface area (Å²) < 4.78 is 0. The minimum Gasteiger partial charge on any atom is -0.324 e. The van der Waals surface area contributed by atoms with Crippen molar-refractivity contribution in [1.29, 1.82) is 0 Å². The molecule has 0 unspecified atom stereocenters. The summed E-state index contributed by atoms with van der Waals surface area (Å²) in [5, 5.41) is 4.14. The molecular formula is C17H14ClN3OS. The lowest BCUT2D eigenvalue weighted by atomic mass is 10.2. The number of amides is 1. The van der Waals surface area contributed by atoms with Crippen LogP contribution in [0.15, 0.2) is 48.7 Å². The van der Waals surface area contributed by atoms with Gasteiger partial charge in [0, 0.05) is 10.4 Å². The number of hydrogen-bond acceptors (Lipinski definition) is 4. The number of nitrogens with zero attached hydrogens (tertiary/aromatic N) is 2. The fraction of sp³-hybridized carbons (Fsp3) is 0.118. The van der Waals surface area contributed by atoms with Crippen molar-refractivity contribution in [2.75, 3.05) is 5.32 Å². The van der Waals surface area contributed by atoms with Gasteiger partial charge < -0.3 is 5.32 Å². The zero-order chi connectivity index (χ0) is 16.2. The van der Waals surface area contributed by atoms with E-state index in [1.807, 2.05) is 37.3 Å². The van der Waals surface area contributed by atoms with E-state index in [-0.39, 0.29) is 5.91 Å². The molecule has 0 aliphatic carbocycles. The molecule has 0 atom stereocenters. The van der Waals surface area contributed by atoms with E-state index in [9.17, 15) is 4.79 Å². The third kappa shape index (κ3) is 3.94. The zero-order valence-electron chi connectivity index (χ0n) is 12.4. The van der Waals surface area contributed by atoms with Crippen molar-refractivity contribution in [1.82, 2.24) is 9.97 Å². The molecule has 0 aliphatic heterocycles. The first-order chi connectivity index (χ1) is 11.1. The number of benzene rings is 1. The summed E-state index contributed by atoms with van der Waals surface area (Å²) in [6.07, 6.45) is 1.83. The first-order valence-electron chi connectivity index (χ1n) is 7.05. The summed E-state index contributed by atoms with van der Waals surface area (Å²) in [6, 6.07) is 13.3. The van der Waals surface area contributed by atoms with Crippen LogP contribution >= 0.6 is 22.9 Å². The number of pyridine rings is 1. The van der Waals surface area contributed by atoms with Crippen LogP contribution in [0.4, 0.5) is 5.69 Å². The second-order valence-corrected chi connectivity index (χ2v) is 6.46. The second kappa shape index (κ2) is 6.89. The van der Waals surface area contributed by atoms with Gasteiger partial charge in [-0.1, -0.05) is 41.9 Å². The van der Waals surface area contributed by atoms with E-state index >= 15 is 0 Å². The van der Waals surface area contributed by atoms with E-state index in [1.165, 1.54) is 6.20 Å². The van der Waals surface area contributed by atoms with Crippen LogP contribution in [0.5, 0.6) is 0 Å². The van der Waals surface area contributed by atoms with Crippen LogP contribution in [0.1, 0.15) is 10.6 Å². The third-order valence-electron chi connectivity index (χ3n) is 3.25. The highest BCUT2D eigenvalue weighted by Crippen LogP contribution is 2.28. The SMILES string of the molecule is Cc1nc(-c2ccccc2)sc1CC(=O)Nc1ccc(Cl)nc1. The fourth-order valence-electron chi connectivity index (χ4n) is 2.10. The molecular weight excluding hydrogens is 330 g/mol. The Hall–Kier alpha value is -2.24. The van der Waals surface area contributed by atoms with Crippen LogP contribution < -0.4 is 5.32 Å². The number of rotatable bonds is 4. The molecule has 0 bridgehead atoms. The highest BCUT2D eigenvalue weighted by Gasteiger charge is 2.13. The summed E-state index contributed by atoms with van der Waals surface area (Å²) >= 11 is 7.27. The summed E-state index contributed by atoms with van der Waals surface area (Å²) in [5.41, 5.74) is 2.58. The molecule has 0 saturated heterocycles. The van der Waals surface area contributed by atoms with Crippen LogP contribution in [0.25, 0.3) is 10.6 Å². The first-order valence-corrected chi connectivity index (χ1v) is 8.24. The molecule has 1 amide bonds. The summed E-state index contributed by atoms with van der Waals surface area (Å²) in [4.78, 5) is 21.6. The number of anilines is 1. The van der Waals surface area contributed by atoms with Gasteiger partial charge >= 0.3 is 0 Å². The average molecular weight is 344 g/mol. The predicted molar refractivity (Wildman–Crippen MR) is 93.9 cm³/mol. The Morgan fingerprint density at radius 3 is 2.70 bits per heavy atom. The van der Waals surface area contributed by atoms with E-state index in [2.05, 4.69) is 15.3 Å². The molecule has 1 N–H and O–H groups in total. The Labute approximate surface area is 143 Å². The number of aryl methyl sites for hydroxylation is 1. The lowest BCUT2D eigenvalue weighted by molar-refractivity contribution is -0.115. The van der Waals surface area contributed by atoms with Crippen LogP contribution in [-0.2, 0) is 11.2 Å². The van der Waals surface area contributed by atoms with Crippen molar-refractivity contribution in [3.63, 3.8) is 0 Å². The molecule has 0 saturated carbocycles. The summed E-state index contributed by atoms with van der Waals surface area (Å²) in [5.74, 6) is -0.0968. The Balaban J connectivity index is 1.71. The van der Waals surface area contributed by atoms with Gasteiger partial charge in [-0.05, 0) is 19.1 Å². The predicted octanol–water partition coefficient (Wildman–Crippen LogP) is 4.35. The normalized spacial score (nSPS) is 10.5. The fourth-order valence-corrected chi connectivity index (χ4v) is 3.28. The maximum absolute atomic E-state index is 12.2. The minimum atomic E-state index is -0.0968. The van der Waals surface area contributed by atoms with Crippen molar-refractivity contribution in [3.8, 4) is 10.6 Å². The Morgan fingerprint density at radius 1 is 1.22 bits per heavy atom. The van der Waals surface area contributed by atoms with Crippen LogP contribution in [0, 0.1) is 6.92 Å². The molecule has 0 fully saturated rings. The van der Waals surface area contributed by atoms with Gasteiger partial charge in [0.05, 0.1) is 24.0 Å². The topological polar surface area (TPSA) is 54.9 Å². The van der Waals surface area contributed by atoms with Gasteiger partial charge in [-0.2, -0.15) is 0 Å². The molecule has 4 nitrogen and oxygen atoms in total. The first kappa shape index (κ1) is 15.6. The van der Waals surface area contributed by atoms with Gasteiger partial charge in [0.25, 0.3) is 0 Å². The largest absolute Gasteiger partial charge is 0.324 e. The van der Waals surface area contributed by atoms with Gasteiger partial charge in [0.1, 0.15) is 10.2 Å². The number of halogens is 1. The van der Waals surface area contributed by atoms with E-state index in [0.29, 0.717) is 17.3 Å². The van der Waals surface area contributed by atoms with Gasteiger partial charge in [-0.15, -0.1) is 11.3 Å². The van der Waals surface area contributed by atoms with E-state index < -0.39 is 0 Å². The van der Waals surface area contributed by atoms with Crippen molar-refractivity contribution >= 4 is 34.5 Å². The van der Waals surface area contributed by atoms with Gasteiger partial charge in [0.15, 0.2) is 0 Å². The highest BCUT2D eigenvalue weighted by atomic mass is 35.5. The maximum atomic E-state index is 12.2. The van der Waals surface area contributed by atoms with Crippen LogP contribution in [-0.4, -0.2) is 15.9 Å². The Kier molecular flexibility index (Phi) is 4.69. The molecule has 1 aromatic carbocycles. The number of carbonyl (C=O) groups is 1.